The number of hydrogen-bond acceptors (Lipinski definition) is 7. The van der Waals surface area contributed by atoms with Gasteiger partial charge in [-0.05, 0) is 50.7 Å². The number of nitrogens with two attached hydrogens (primary N) is 1. The number of aromatic nitrogens is 2. The molecule has 0 saturated heterocycles. The fourth-order valence-corrected chi connectivity index (χ4v) is 3.42. The van der Waals surface area contributed by atoms with E-state index in [1.165, 1.54) is 12.1 Å². The van der Waals surface area contributed by atoms with E-state index >= 15 is 0 Å². The molecule has 2 N–H and O–H groups in total. The average Bonchev–Trinajstić information content (AvgIpc) is 3.15. The first-order valence-corrected chi connectivity index (χ1v) is 10.7. The molecule has 0 aliphatic heterocycles. The highest BCUT2D eigenvalue weighted by atomic mass is 32.2. The Balaban J connectivity index is 1.72. The summed E-state index contributed by atoms with van der Waals surface area (Å²) in [6.07, 6.45) is 0. The number of primary sulfonamides is 1. The molecule has 3 rings (SSSR count). The maximum atomic E-state index is 11.4. The Morgan fingerprint density at radius 3 is 2.52 bits per heavy atom. The van der Waals surface area contributed by atoms with Gasteiger partial charge in [-0.2, -0.15) is 4.98 Å². The van der Waals surface area contributed by atoms with E-state index in [-0.39, 0.29) is 10.9 Å². The van der Waals surface area contributed by atoms with Gasteiger partial charge >= 0.3 is 0 Å². The molecule has 29 heavy (non-hydrogen) atoms. The molecule has 2 aromatic carbocycles. The summed E-state index contributed by atoms with van der Waals surface area (Å²) in [6, 6.07) is 14.1. The molecule has 9 heteroatoms. The van der Waals surface area contributed by atoms with Crippen molar-refractivity contribution < 1.29 is 17.7 Å². The van der Waals surface area contributed by atoms with Crippen LogP contribution >= 0.6 is 0 Å². The summed E-state index contributed by atoms with van der Waals surface area (Å²) in [4.78, 5) is 6.60. The Morgan fingerprint density at radius 2 is 1.86 bits per heavy atom. The van der Waals surface area contributed by atoms with Crippen LogP contribution in [0.1, 0.15) is 31.3 Å². The van der Waals surface area contributed by atoms with Crippen LogP contribution in [0.25, 0.3) is 11.4 Å². The van der Waals surface area contributed by atoms with Crippen LogP contribution in [0, 0.1) is 0 Å². The number of rotatable bonds is 8. The van der Waals surface area contributed by atoms with Crippen LogP contribution in [0.3, 0.4) is 0 Å². The van der Waals surface area contributed by atoms with Crippen molar-refractivity contribution in [3.63, 3.8) is 0 Å². The van der Waals surface area contributed by atoms with Crippen LogP contribution in [-0.2, 0) is 16.6 Å². The second-order valence-corrected chi connectivity index (χ2v) is 8.21. The number of ether oxygens (including phenoxy) is 1. The molecule has 0 aliphatic rings. The summed E-state index contributed by atoms with van der Waals surface area (Å²) in [7, 11) is -1.78. The van der Waals surface area contributed by atoms with Gasteiger partial charge in [0.25, 0.3) is 0 Å². The van der Waals surface area contributed by atoms with Crippen molar-refractivity contribution in [2.45, 2.75) is 31.3 Å². The molecule has 1 aromatic heterocycles. The van der Waals surface area contributed by atoms with Gasteiger partial charge in [-0.1, -0.05) is 29.4 Å². The standard InChI is InChI=1S/C20H24N4O4S/c1-4-27-18-8-6-5-7-17(18)20-22-19(28-23-20)13-24(3)14(2)15-9-11-16(12-10-15)29(21,25)26/h5-12,14H,4,13H2,1-3H3,(H2,21,25,26). The van der Waals surface area contributed by atoms with Crippen LogP contribution in [0.2, 0.25) is 0 Å². The van der Waals surface area contributed by atoms with E-state index in [0.717, 1.165) is 11.1 Å². The van der Waals surface area contributed by atoms with Crippen molar-refractivity contribution >= 4 is 10.0 Å². The highest BCUT2D eigenvalue weighted by molar-refractivity contribution is 7.89. The second kappa shape index (κ2) is 8.73. The first-order chi connectivity index (χ1) is 13.8. The summed E-state index contributed by atoms with van der Waals surface area (Å²) >= 11 is 0. The highest BCUT2D eigenvalue weighted by Crippen LogP contribution is 2.28. The molecule has 0 bridgehead atoms. The SMILES string of the molecule is CCOc1ccccc1-c1noc(CN(C)C(C)c2ccc(S(N)(=O)=O)cc2)n1. The Hall–Kier alpha value is -2.75. The fraction of sp³-hybridized carbons (Fsp3) is 0.300. The Bertz CT molecular complexity index is 1060. The molecule has 0 aliphatic carbocycles. The van der Waals surface area contributed by atoms with Gasteiger partial charge in [0.05, 0.1) is 23.6 Å². The van der Waals surface area contributed by atoms with Gasteiger partial charge in [-0.15, -0.1) is 0 Å². The Kier molecular flexibility index (Phi) is 6.31. The van der Waals surface area contributed by atoms with Crippen molar-refractivity contribution in [2.24, 2.45) is 5.14 Å². The van der Waals surface area contributed by atoms with Crippen LogP contribution in [0.4, 0.5) is 0 Å². The van der Waals surface area contributed by atoms with Gasteiger partial charge in [-0.25, -0.2) is 13.6 Å². The van der Waals surface area contributed by atoms with Crippen molar-refractivity contribution in [3.05, 3.63) is 60.0 Å². The lowest BCUT2D eigenvalue weighted by Crippen LogP contribution is -2.22. The lowest BCUT2D eigenvalue weighted by molar-refractivity contribution is 0.216. The smallest absolute Gasteiger partial charge is 0.241 e. The lowest BCUT2D eigenvalue weighted by atomic mass is 10.1. The molecule has 3 aromatic rings. The van der Waals surface area contributed by atoms with Gasteiger partial charge in [0.1, 0.15) is 5.75 Å². The van der Waals surface area contributed by atoms with E-state index in [1.54, 1.807) is 12.1 Å². The van der Waals surface area contributed by atoms with Crippen molar-refractivity contribution in [1.82, 2.24) is 15.0 Å². The van der Waals surface area contributed by atoms with Crippen LogP contribution in [-0.4, -0.2) is 37.1 Å². The molecule has 8 nitrogen and oxygen atoms in total. The van der Waals surface area contributed by atoms with Gasteiger partial charge < -0.3 is 9.26 Å². The van der Waals surface area contributed by atoms with Gasteiger partial charge in [0.2, 0.25) is 21.7 Å². The van der Waals surface area contributed by atoms with Gasteiger partial charge in [0.15, 0.2) is 0 Å². The third kappa shape index (κ3) is 5.00. The second-order valence-electron chi connectivity index (χ2n) is 6.65. The molecule has 1 atom stereocenters. The zero-order chi connectivity index (χ0) is 21.0. The van der Waals surface area contributed by atoms with Gasteiger partial charge in [0, 0.05) is 6.04 Å². The van der Waals surface area contributed by atoms with E-state index in [2.05, 4.69) is 10.1 Å². The number of hydrogen-bond donors (Lipinski definition) is 1. The zero-order valence-electron chi connectivity index (χ0n) is 16.6. The van der Waals surface area contributed by atoms with E-state index < -0.39 is 10.0 Å². The quantitative estimate of drug-likeness (QED) is 0.601. The fourth-order valence-electron chi connectivity index (χ4n) is 2.90. The number of sulfonamides is 1. The molecule has 0 spiro atoms. The summed E-state index contributed by atoms with van der Waals surface area (Å²) in [6.45, 7) is 4.91. The van der Waals surface area contributed by atoms with Crippen LogP contribution in [0.5, 0.6) is 5.75 Å². The minimum absolute atomic E-state index is 0.00408. The summed E-state index contributed by atoms with van der Waals surface area (Å²) in [5.74, 6) is 1.66. The predicted molar refractivity (Wildman–Crippen MR) is 109 cm³/mol. The molecule has 0 saturated carbocycles. The molecular formula is C20H24N4O4S. The number of para-hydroxylation sites is 1. The molecule has 0 amide bonds. The van der Waals surface area contributed by atoms with E-state index in [9.17, 15) is 8.42 Å². The zero-order valence-corrected chi connectivity index (χ0v) is 17.4. The molecular weight excluding hydrogens is 392 g/mol. The molecule has 154 valence electrons. The third-order valence-corrected chi connectivity index (χ3v) is 5.56. The lowest BCUT2D eigenvalue weighted by Gasteiger charge is -2.23. The van der Waals surface area contributed by atoms with E-state index in [4.69, 9.17) is 14.4 Å². The van der Waals surface area contributed by atoms with Crippen molar-refractivity contribution in [2.75, 3.05) is 13.7 Å². The monoisotopic (exact) mass is 416 g/mol. The summed E-state index contributed by atoms with van der Waals surface area (Å²) in [5, 5.41) is 9.23. The Labute approximate surface area is 170 Å². The Morgan fingerprint density at radius 1 is 1.17 bits per heavy atom. The summed E-state index contributed by atoms with van der Waals surface area (Å²) < 4.78 is 33.9. The number of nitrogens with zero attached hydrogens (tertiary/aromatic N) is 3. The van der Waals surface area contributed by atoms with Crippen molar-refractivity contribution in [1.29, 1.82) is 0 Å². The minimum atomic E-state index is -3.70. The van der Waals surface area contributed by atoms with Gasteiger partial charge in [-0.3, -0.25) is 4.90 Å². The topological polar surface area (TPSA) is 112 Å². The molecule has 1 heterocycles. The first-order valence-electron chi connectivity index (χ1n) is 9.17. The maximum absolute atomic E-state index is 11.4. The average molecular weight is 417 g/mol. The predicted octanol–water partition coefficient (Wildman–Crippen LogP) is 2.98. The largest absolute Gasteiger partial charge is 0.493 e. The van der Waals surface area contributed by atoms with E-state index in [0.29, 0.717) is 30.6 Å². The number of benzene rings is 2. The molecule has 0 fully saturated rings. The van der Waals surface area contributed by atoms with Crippen LogP contribution in [0.15, 0.2) is 57.9 Å². The third-order valence-electron chi connectivity index (χ3n) is 4.63. The van der Waals surface area contributed by atoms with Crippen molar-refractivity contribution in [3.8, 4) is 17.1 Å². The molecule has 1 unspecified atom stereocenters. The highest BCUT2D eigenvalue weighted by Gasteiger charge is 2.18. The summed E-state index contributed by atoms with van der Waals surface area (Å²) in [5.41, 5.74) is 1.72. The first kappa shape index (κ1) is 21.0. The minimum Gasteiger partial charge on any atom is -0.493 e. The maximum Gasteiger partial charge on any atom is 0.241 e. The normalized spacial score (nSPS) is 12.9. The molecule has 0 radical (unpaired) electrons. The van der Waals surface area contributed by atoms with E-state index in [1.807, 2.05) is 50.1 Å². The van der Waals surface area contributed by atoms with Crippen LogP contribution < -0.4 is 9.88 Å².